The van der Waals surface area contributed by atoms with Crippen LogP contribution < -0.4 is 10.6 Å². The summed E-state index contributed by atoms with van der Waals surface area (Å²) in [5.74, 6) is 0.712. The number of allylic oxidation sites excluding steroid dienone is 4. The number of aliphatic hydroxyl groups is 1. The Hall–Kier alpha value is -3.02. The average molecular weight is 700 g/mol. The molecule has 3 saturated carbocycles. The lowest BCUT2D eigenvalue weighted by Gasteiger charge is -2.44. The third-order valence-electron chi connectivity index (χ3n) is 11.3. The Kier molecular flexibility index (Phi) is 14.7. The predicted molar refractivity (Wildman–Crippen MR) is 190 cm³/mol. The number of ether oxygens (including phenoxy) is 2. The second kappa shape index (κ2) is 18.5. The van der Waals surface area contributed by atoms with Gasteiger partial charge in [-0.3, -0.25) is 14.4 Å². The van der Waals surface area contributed by atoms with Crippen LogP contribution in [-0.2, 0) is 28.7 Å². The van der Waals surface area contributed by atoms with Crippen LogP contribution >= 0.6 is 0 Å². The van der Waals surface area contributed by atoms with E-state index in [0.717, 1.165) is 38.0 Å². The van der Waals surface area contributed by atoms with Gasteiger partial charge in [-0.15, -0.1) is 5.06 Å². The number of amides is 4. The summed E-state index contributed by atoms with van der Waals surface area (Å²) in [7, 11) is 0. The first kappa shape index (κ1) is 39.8. The number of nitrogens with zero attached hydrogens (tertiary/aromatic N) is 1. The van der Waals surface area contributed by atoms with E-state index in [1.54, 1.807) is 5.57 Å². The van der Waals surface area contributed by atoms with E-state index in [0.29, 0.717) is 41.9 Å². The Morgan fingerprint density at radius 2 is 1.80 bits per heavy atom. The number of imide groups is 1. The molecule has 0 aromatic heterocycles. The molecule has 5 atom stereocenters. The molecule has 1 aliphatic heterocycles. The minimum absolute atomic E-state index is 0.0261. The average Bonchev–Trinajstić information content (AvgIpc) is 3.58. The van der Waals surface area contributed by atoms with Gasteiger partial charge in [0.1, 0.15) is 6.61 Å². The predicted octanol–water partition coefficient (Wildman–Crippen LogP) is 6.07. The highest BCUT2D eigenvalue weighted by Crippen LogP contribution is 2.60. The van der Waals surface area contributed by atoms with Crippen LogP contribution in [0.2, 0.25) is 0 Å². The minimum atomic E-state index is -0.931. The smallest absolute Gasteiger partial charge is 0.390 e. The largest absolute Gasteiger partial charge is 0.432 e. The second-order valence-corrected chi connectivity index (χ2v) is 15.7. The number of hydroxylamine groups is 2. The SMILES string of the molecule is C=C1CC[C@H](OCCCNC(=O)COCCNC(=O)ON2C(=O)CCC2=O)C/C1=C/C=C1\CCC[C@]2(C)[C@@H]([C@H](C)CCCC(C)(C)O)CC[C@@H]12. The molecule has 1 saturated heterocycles. The maximum absolute atomic E-state index is 12.1. The standard InChI is InChI=1S/C39H61N3O8/c1-27-11-14-31(49-23-8-21-40-34(43)26-48-24-22-41-37(46)50-42-35(44)17-18-36(42)45)25-30(27)13-12-29-10-7-20-39(5)32(15-16-33(29)39)28(2)9-6-19-38(3,4)47/h12-13,28,31-33,47H,1,6-11,14-26H2,2-5H3,(H,40,43)(H,41,46)/b29-12+,30-13-/t28-,31+,32-,33+,39-/m1/s1. The molecule has 3 N–H and O–H groups in total. The fraction of sp³-hybridized carbons (Fsp3) is 0.744. The zero-order chi connectivity index (χ0) is 36.3. The number of rotatable bonds is 17. The molecule has 0 unspecified atom stereocenters. The molecular weight excluding hydrogens is 638 g/mol. The Morgan fingerprint density at radius 1 is 1.04 bits per heavy atom. The molecule has 4 fully saturated rings. The van der Waals surface area contributed by atoms with Gasteiger partial charge in [-0.1, -0.05) is 56.6 Å². The van der Waals surface area contributed by atoms with Gasteiger partial charge >= 0.3 is 6.09 Å². The number of fused-ring (bicyclic) bond motifs is 1. The van der Waals surface area contributed by atoms with E-state index in [1.807, 2.05) is 13.8 Å². The third kappa shape index (κ3) is 11.5. The maximum Gasteiger partial charge on any atom is 0.432 e. The van der Waals surface area contributed by atoms with Gasteiger partial charge in [-0.05, 0) is 107 Å². The molecule has 0 radical (unpaired) electrons. The van der Waals surface area contributed by atoms with Crippen molar-refractivity contribution in [1.82, 2.24) is 15.7 Å². The Labute approximate surface area is 298 Å². The van der Waals surface area contributed by atoms with Crippen LogP contribution in [-0.4, -0.2) is 78.6 Å². The molecule has 4 rings (SSSR count). The maximum atomic E-state index is 12.1. The van der Waals surface area contributed by atoms with Gasteiger partial charge < -0.3 is 30.1 Å². The molecule has 280 valence electrons. The van der Waals surface area contributed by atoms with Crippen molar-refractivity contribution < 1.29 is 38.6 Å². The fourth-order valence-corrected chi connectivity index (χ4v) is 8.56. The fourth-order valence-electron chi connectivity index (χ4n) is 8.56. The number of hydrogen-bond donors (Lipinski definition) is 3. The first-order valence-corrected chi connectivity index (χ1v) is 18.8. The van der Waals surface area contributed by atoms with Crippen LogP contribution in [0.15, 0.2) is 35.5 Å². The van der Waals surface area contributed by atoms with E-state index in [-0.39, 0.29) is 44.6 Å². The molecule has 0 aromatic rings. The number of hydrogen-bond acceptors (Lipinski definition) is 8. The Balaban J connectivity index is 1.12. The van der Waals surface area contributed by atoms with Crippen molar-refractivity contribution in [2.24, 2.45) is 23.2 Å². The van der Waals surface area contributed by atoms with Crippen LogP contribution in [0.5, 0.6) is 0 Å². The molecular formula is C39H61N3O8. The van der Waals surface area contributed by atoms with Crippen molar-refractivity contribution in [2.75, 3.05) is 32.9 Å². The summed E-state index contributed by atoms with van der Waals surface area (Å²) in [6, 6.07) is 0. The van der Waals surface area contributed by atoms with Crippen LogP contribution in [0.4, 0.5) is 4.79 Å². The van der Waals surface area contributed by atoms with Crippen molar-refractivity contribution >= 4 is 23.8 Å². The molecule has 0 spiro atoms. The highest BCUT2D eigenvalue weighted by Gasteiger charge is 2.50. The lowest BCUT2D eigenvalue weighted by Crippen LogP contribution is -2.38. The highest BCUT2D eigenvalue weighted by atomic mass is 16.7. The number of carbonyl (C=O) groups excluding carboxylic acids is 4. The van der Waals surface area contributed by atoms with E-state index < -0.39 is 23.5 Å². The quantitative estimate of drug-likeness (QED) is 0.123. The summed E-state index contributed by atoms with van der Waals surface area (Å²) in [6.45, 7) is 14.2. The van der Waals surface area contributed by atoms with Crippen LogP contribution in [0.3, 0.4) is 0 Å². The molecule has 4 amide bonds. The zero-order valence-electron chi connectivity index (χ0n) is 30.9. The monoisotopic (exact) mass is 699 g/mol. The van der Waals surface area contributed by atoms with Crippen LogP contribution in [0.1, 0.15) is 118 Å². The normalized spacial score (nSPS) is 27.9. The van der Waals surface area contributed by atoms with Gasteiger partial charge in [0.25, 0.3) is 11.8 Å². The summed E-state index contributed by atoms with van der Waals surface area (Å²) >= 11 is 0. The topological polar surface area (TPSA) is 143 Å². The Bertz CT molecular complexity index is 1270. The lowest BCUT2D eigenvalue weighted by atomic mass is 9.60. The first-order valence-electron chi connectivity index (χ1n) is 18.8. The molecule has 0 aromatic carbocycles. The van der Waals surface area contributed by atoms with Gasteiger partial charge in [-0.2, -0.15) is 0 Å². The molecule has 0 bridgehead atoms. The van der Waals surface area contributed by atoms with Crippen molar-refractivity contribution in [3.63, 3.8) is 0 Å². The van der Waals surface area contributed by atoms with Crippen molar-refractivity contribution in [3.8, 4) is 0 Å². The van der Waals surface area contributed by atoms with E-state index in [2.05, 4.69) is 43.2 Å². The lowest BCUT2D eigenvalue weighted by molar-refractivity contribution is -0.171. The summed E-state index contributed by atoms with van der Waals surface area (Å²) in [4.78, 5) is 51.5. The van der Waals surface area contributed by atoms with Gasteiger partial charge in [0, 0.05) is 32.5 Å². The summed E-state index contributed by atoms with van der Waals surface area (Å²) < 4.78 is 11.5. The van der Waals surface area contributed by atoms with Crippen LogP contribution in [0.25, 0.3) is 0 Å². The number of carbonyl (C=O) groups is 4. The Morgan fingerprint density at radius 3 is 2.54 bits per heavy atom. The zero-order valence-corrected chi connectivity index (χ0v) is 30.9. The number of nitrogens with one attached hydrogen (secondary N) is 2. The van der Waals surface area contributed by atoms with Gasteiger partial charge in [0.2, 0.25) is 5.91 Å². The molecule has 4 aliphatic rings. The van der Waals surface area contributed by atoms with Gasteiger partial charge in [-0.25, -0.2) is 4.79 Å². The molecule has 11 nitrogen and oxygen atoms in total. The van der Waals surface area contributed by atoms with Crippen LogP contribution in [0, 0.1) is 23.2 Å². The van der Waals surface area contributed by atoms with E-state index in [4.69, 9.17) is 14.3 Å². The van der Waals surface area contributed by atoms with E-state index in [1.165, 1.54) is 49.7 Å². The molecule has 11 heteroatoms. The van der Waals surface area contributed by atoms with Gasteiger partial charge in [0.15, 0.2) is 0 Å². The minimum Gasteiger partial charge on any atom is -0.390 e. The van der Waals surface area contributed by atoms with Crippen molar-refractivity contribution in [1.29, 1.82) is 0 Å². The summed E-state index contributed by atoms with van der Waals surface area (Å²) in [5.41, 5.74) is 3.90. The first-order chi connectivity index (χ1) is 23.8. The molecule has 3 aliphatic carbocycles. The van der Waals surface area contributed by atoms with Crippen molar-refractivity contribution in [3.05, 3.63) is 35.5 Å². The highest BCUT2D eigenvalue weighted by molar-refractivity contribution is 6.01. The third-order valence-corrected chi connectivity index (χ3v) is 11.3. The van der Waals surface area contributed by atoms with Crippen molar-refractivity contribution in [2.45, 2.75) is 129 Å². The van der Waals surface area contributed by atoms with Gasteiger partial charge in [0.05, 0.1) is 18.3 Å². The van der Waals surface area contributed by atoms with E-state index in [9.17, 15) is 24.3 Å². The second-order valence-electron chi connectivity index (χ2n) is 15.7. The molecule has 50 heavy (non-hydrogen) atoms. The summed E-state index contributed by atoms with van der Waals surface area (Å²) in [5, 5.41) is 15.8. The molecule has 1 heterocycles. The van der Waals surface area contributed by atoms with E-state index >= 15 is 0 Å². The summed E-state index contributed by atoms with van der Waals surface area (Å²) in [6.07, 6.45) is 16.9.